The average molecular weight is 613 g/mol. The van der Waals surface area contributed by atoms with Crippen molar-refractivity contribution in [1.82, 2.24) is 0 Å². The van der Waals surface area contributed by atoms with Crippen LogP contribution in [-0.2, 0) is 18.9 Å². The Kier molecular flexibility index (Phi) is 8.87. The van der Waals surface area contributed by atoms with Gasteiger partial charge in [0.05, 0.1) is 18.8 Å². The SMILES string of the molecule is OC[C@@H]1O[C@@H](OC2=Cc3c(O)cc(O)cc3OC2c2ccc(O)c(O)c2)[C@H](O)[C@@H](O[C@@H]2O[C@H](CO)[C@@H](O)[C@H](O)[C@H]2O)[C@@H]1O. The molecule has 0 aliphatic carbocycles. The molecule has 3 aliphatic rings. The molecule has 3 heterocycles. The molecule has 2 saturated heterocycles. The summed E-state index contributed by atoms with van der Waals surface area (Å²) >= 11 is 0. The summed E-state index contributed by atoms with van der Waals surface area (Å²) in [6, 6.07) is 5.97. The minimum atomic E-state index is -1.88. The number of hydrogen-bond acceptors (Lipinski definition) is 16. The van der Waals surface area contributed by atoms with Crippen molar-refractivity contribution < 1.29 is 79.9 Å². The smallest absolute Gasteiger partial charge is 0.228 e. The second-order valence-corrected chi connectivity index (χ2v) is 10.3. The lowest BCUT2D eigenvalue weighted by molar-refractivity contribution is -0.357. The van der Waals surface area contributed by atoms with Gasteiger partial charge in [-0.2, -0.15) is 0 Å². The van der Waals surface area contributed by atoms with Crippen molar-refractivity contribution in [3.05, 3.63) is 47.2 Å². The molecule has 2 aromatic carbocycles. The van der Waals surface area contributed by atoms with Gasteiger partial charge in [-0.1, -0.05) is 6.07 Å². The number of aliphatic hydroxyl groups excluding tert-OH is 7. The summed E-state index contributed by atoms with van der Waals surface area (Å²) in [7, 11) is 0. The highest BCUT2D eigenvalue weighted by Gasteiger charge is 2.51. The van der Waals surface area contributed by atoms with Crippen LogP contribution in [0.25, 0.3) is 6.08 Å². The van der Waals surface area contributed by atoms with E-state index in [9.17, 15) is 56.2 Å². The molecule has 0 bridgehead atoms. The number of rotatable bonds is 7. The minimum absolute atomic E-state index is 0.0139. The fraction of sp³-hybridized carbons (Fsp3) is 0.481. The molecule has 3 aliphatic heterocycles. The van der Waals surface area contributed by atoms with Crippen LogP contribution in [0, 0.1) is 0 Å². The van der Waals surface area contributed by atoms with E-state index in [1.807, 2.05) is 0 Å². The van der Waals surface area contributed by atoms with Gasteiger partial charge in [-0.3, -0.25) is 0 Å². The lowest BCUT2D eigenvalue weighted by Gasteiger charge is -2.46. The fourth-order valence-electron chi connectivity index (χ4n) is 5.06. The molecule has 0 saturated carbocycles. The molecule has 11 atom stereocenters. The molecule has 0 radical (unpaired) electrons. The van der Waals surface area contributed by atoms with Crippen molar-refractivity contribution in [1.29, 1.82) is 0 Å². The summed E-state index contributed by atoms with van der Waals surface area (Å²) in [5.74, 6) is -1.78. The first-order valence-corrected chi connectivity index (χ1v) is 13.1. The Bertz CT molecular complexity index is 1330. The average Bonchev–Trinajstić information content (AvgIpc) is 2.97. The first-order chi connectivity index (χ1) is 20.4. The van der Waals surface area contributed by atoms with Crippen LogP contribution in [0.15, 0.2) is 36.1 Å². The molecule has 11 N–H and O–H groups in total. The number of benzene rings is 2. The van der Waals surface area contributed by atoms with Gasteiger partial charge < -0.3 is 79.9 Å². The van der Waals surface area contributed by atoms with Gasteiger partial charge >= 0.3 is 0 Å². The number of ether oxygens (including phenoxy) is 5. The zero-order valence-electron chi connectivity index (χ0n) is 22.2. The Hall–Kier alpha value is -3.42. The number of phenols is 4. The molecular formula is C27H32O16. The summed E-state index contributed by atoms with van der Waals surface area (Å²) in [5.41, 5.74) is 0.276. The molecular weight excluding hydrogens is 580 g/mol. The zero-order valence-corrected chi connectivity index (χ0v) is 22.2. The Morgan fingerprint density at radius 2 is 1.35 bits per heavy atom. The standard InChI is InChI=1S/C27H32O16/c28-7-17-19(34)21(36)22(37)26(41-17)43-25-20(35)18(8-29)42-27(23(25)38)40-16-6-11-13(32)4-10(30)5-15(11)39-24(16)9-1-2-12(31)14(33)3-9/h1-6,17-38H,7-8H2/t17-,18+,19-,20-,21+,22-,23-,24?,25+,26+,27-/m1/s1. The highest BCUT2D eigenvalue weighted by molar-refractivity contribution is 5.69. The maximum atomic E-state index is 11.2. The van der Waals surface area contributed by atoms with Gasteiger partial charge in [-0.05, 0) is 18.2 Å². The highest BCUT2D eigenvalue weighted by atomic mass is 16.7. The van der Waals surface area contributed by atoms with Gasteiger partial charge in [-0.15, -0.1) is 0 Å². The summed E-state index contributed by atoms with van der Waals surface area (Å²) in [4.78, 5) is 0. The molecule has 16 heteroatoms. The number of fused-ring (bicyclic) bond motifs is 1. The summed E-state index contributed by atoms with van der Waals surface area (Å²) in [6.45, 7) is -1.56. The van der Waals surface area contributed by atoms with Gasteiger partial charge in [0.25, 0.3) is 0 Å². The van der Waals surface area contributed by atoms with Crippen molar-refractivity contribution in [3.63, 3.8) is 0 Å². The molecule has 2 fully saturated rings. The van der Waals surface area contributed by atoms with E-state index in [4.69, 9.17) is 23.7 Å². The van der Waals surface area contributed by atoms with E-state index in [2.05, 4.69) is 0 Å². The van der Waals surface area contributed by atoms with E-state index in [-0.39, 0.29) is 28.4 Å². The van der Waals surface area contributed by atoms with E-state index in [0.717, 1.165) is 12.1 Å². The summed E-state index contributed by atoms with van der Waals surface area (Å²) < 4.78 is 28.4. The minimum Gasteiger partial charge on any atom is -0.508 e. The van der Waals surface area contributed by atoms with Crippen molar-refractivity contribution in [2.24, 2.45) is 0 Å². The molecule has 1 unspecified atom stereocenters. The largest absolute Gasteiger partial charge is 0.508 e. The maximum absolute atomic E-state index is 11.2. The third kappa shape index (κ3) is 5.89. The predicted molar refractivity (Wildman–Crippen MR) is 138 cm³/mol. The topological polar surface area (TPSA) is 269 Å². The molecule has 236 valence electrons. The van der Waals surface area contributed by atoms with Crippen LogP contribution in [0.3, 0.4) is 0 Å². The van der Waals surface area contributed by atoms with E-state index < -0.39 is 98.0 Å². The monoisotopic (exact) mass is 612 g/mol. The second kappa shape index (κ2) is 12.3. The predicted octanol–water partition coefficient (Wildman–Crippen LogP) is -2.38. The molecule has 0 amide bonds. The fourth-order valence-corrected chi connectivity index (χ4v) is 5.06. The van der Waals surface area contributed by atoms with Crippen LogP contribution in [0.4, 0.5) is 0 Å². The normalized spacial score (nSPS) is 35.9. The third-order valence-electron chi connectivity index (χ3n) is 7.41. The van der Waals surface area contributed by atoms with Crippen LogP contribution in [-0.4, -0.2) is 131 Å². The number of aliphatic hydroxyl groups is 7. The van der Waals surface area contributed by atoms with Gasteiger partial charge in [0.15, 0.2) is 23.9 Å². The van der Waals surface area contributed by atoms with Crippen molar-refractivity contribution >= 4 is 6.08 Å². The Labute approximate surface area is 243 Å². The van der Waals surface area contributed by atoms with Crippen LogP contribution in [0.1, 0.15) is 17.2 Å². The molecule has 5 rings (SSSR count). The van der Waals surface area contributed by atoms with E-state index in [0.29, 0.717) is 0 Å². The molecule has 2 aromatic rings. The summed E-state index contributed by atoms with van der Waals surface area (Å²) in [5, 5.41) is 112. The van der Waals surface area contributed by atoms with Crippen LogP contribution in [0.2, 0.25) is 0 Å². The van der Waals surface area contributed by atoms with Gasteiger partial charge in [0.2, 0.25) is 6.29 Å². The number of phenolic OH excluding ortho intramolecular Hbond substituents is 4. The maximum Gasteiger partial charge on any atom is 0.228 e. The van der Waals surface area contributed by atoms with Gasteiger partial charge in [0, 0.05) is 17.7 Å². The highest BCUT2D eigenvalue weighted by Crippen LogP contribution is 2.45. The number of hydrogen-bond donors (Lipinski definition) is 11. The molecule has 0 spiro atoms. The van der Waals surface area contributed by atoms with Crippen LogP contribution < -0.4 is 4.74 Å². The van der Waals surface area contributed by atoms with Crippen molar-refractivity contribution in [2.45, 2.75) is 67.5 Å². The van der Waals surface area contributed by atoms with Gasteiger partial charge in [0.1, 0.15) is 71.8 Å². The van der Waals surface area contributed by atoms with Crippen molar-refractivity contribution in [3.8, 4) is 28.7 Å². The Morgan fingerprint density at radius 3 is 2.02 bits per heavy atom. The first-order valence-electron chi connectivity index (χ1n) is 13.1. The lowest BCUT2D eigenvalue weighted by Crippen LogP contribution is -2.64. The first kappa shape index (κ1) is 31.0. The van der Waals surface area contributed by atoms with E-state index in [1.165, 1.54) is 24.3 Å². The van der Waals surface area contributed by atoms with E-state index >= 15 is 0 Å². The molecule has 0 aromatic heterocycles. The Morgan fingerprint density at radius 1 is 0.674 bits per heavy atom. The quantitative estimate of drug-likeness (QED) is 0.146. The summed E-state index contributed by atoms with van der Waals surface area (Å²) in [6.07, 6.45) is -16.9. The van der Waals surface area contributed by atoms with Gasteiger partial charge in [-0.25, -0.2) is 0 Å². The van der Waals surface area contributed by atoms with Crippen LogP contribution >= 0.6 is 0 Å². The van der Waals surface area contributed by atoms with E-state index in [1.54, 1.807) is 0 Å². The van der Waals surface area contributed by atoms with Crippen molar-refractivity contribution in [2.75, 3.05) is 13.2 Å². The third-order valence-corrected chi connectivity index (χ3v) is 7.41. The lowest BCUT2D eigenvalue weighted by atomic mass is 9.96. The molecule has 16 nitrogen and oxygen atoms in total. The van der Waals surface area contributed by atoms with Crippen LogP contribution in [0.5, 0.6) is 28.7 Å². The zero-order chi connectivity index (χ0) is 31.2. The Balaban J connectivity index is 1.46. The molecule has 43 heavy (non-hydrogen) atoms. The number of aromatic hydroxyl groups is 4. The second-order valence-electron chi connectivity index (χ2n) is 10.3.